The van der Waals surface area contributed by atoms with Crippen LogP contribution in [-0.4, -0.2) is 24.2 Å². The SMILES string of the molecule is Cc1cc(OC2CCNCC2)cnc1Cl. The topological polar surface area (TPSA) is 34.1 Å². The Morgan fingerprint density at radius 2 is 2.20 bits per heavy atom. The molecule has 0 amide bonds. The molecule has 4 heteroatoms. The summed E-state index contributed by atoms with van der Waals surface area (Å²) in [5, 5.41) is 3.85. The van der Waals surface area contributed by atoms with E-state index in [1.807, 2.05) is 13.0 Å². The Hall–Kier alpha value is -0.800. The molecule has 0 radical (unpaired) electrons. The van der Waals surface area contributed by atoms with Gasteiger partial charge in [0.2, 0.25) is 0 Å². The van der Waals surface area contributed by atoms with Crippen molar-refractivity contribution in [1.82, 2.24) is 10.3 Å². The minimum atomic E-state index is 0.314. The first-order chi connectivity index (χ1) is 7.25. The van der Waals surface area contributed by atoms with Crippen LogP contribution in [0.1, 0.15) is 18.4 Å². The van der Waals surface area contributed by atoms with Gasteiger partial charge in [0.05, 0.1) is 6.20 Å². The number of rotatable bonds is 2. The average molecular weight is 227 g/mol. The Bertz CT molecular complexity index is 337. The summed E-state index contributed by atoms with van der Waals surface area (Å²) >= 11 is 5.85. The second kappa shape index (κ2) is 4.81. The molecule has 1 N–H and O–H groups in total. The van der Waals surface area contributed by atoms with Gasteiger partial charge in [-0.25, -0.2) is 4.98 Å². The molecule has 3 nitrogen and oxygen atoms in total. The Kier molecular flexibility index (Phi) is 3.44. The second-order valence-corrected chi connectivity index (χ2v) is 4.20. The molecule has 0 bridgehead atoms. The van der Waals surface area contributed by atoms with Crippen LogP contribution in [0.4, 0.5) is 0 Å². The lowest BCUT2D eigenvalue weighted by atomic mass is 10.1. The van der Waals surface area contributed by atoms with E-state index < -0.39 is 0 Å². The third kappa shape index (κ3) is 2.83. The van der Waals surface area contributed by atoms with Crippen molar-refractivity contribution in [2.45, 2.75) is 25.9 Å². The van der Waals surface area contributed by atoms with Crippen LogP contribution in [0.25, 0.3) is 0 Å². The summed E-state index contributed by atoms with van der Waals surface area (Å²) in [6.07, 6.45) is 4.12. The molecule has 2 rings (SSSR count). The third-order valence-electron chi connectivity index (χ3n) is 2.58. The summed E-state index contributed by atoms with van der Waals surface area (Å²) in [6, 6.07) is 1.94. The molecule has 1 aromatic heterocycles. The minimum absolute atomic E-state index is 0.314. The van der Waals surface area contributed by atoms with E-state index in [1.54, 1.807) is 6.20 Å². The summed E-state index contributed by atoms with van der Waals surface area (Å²) in [5.74, 6) is 0.823. The van der Waals surface area contributed by atoms with Gasteiger partial charge < -0.3 is 10.1 Å². The van der Waals surface area contributed by atoms with Gasteiger partial charge in [-0.2, -0.15) is 0 Å². The molecule has 0 aromatic carbocycles. The van der Waals surface area contributed by atoms with E-state index in [1.165, 1.54) is 0 Å². The Labute approximate surface area is 94.8 Å². The van der Waals surface area contributed by atoms with Crippen LogP contribution in [0.15, 0.2) is 12.3 Å². The molecule has 1 fully saturated rings. The van der Waals surface area contributed by atoms with Gasteiger partial charge in [-0.3, -0.25) is 0 Å². The molecule has 0 spiro atoms. The summed E-state index contributed by atoms with van der Waals surface area (Å²) in [5.41, 5.74) is 0.961. The lowest BCUT2D eigenvalue weighted by Gasteiger charge is -2.23. The summed E-state index contributed by atoms with van der Waals surface area (Å²) in [7, 11) is 0. The molecule has 1 aliphatic rings. The van der Waals surface area contributed by atoms with Gasteiger partial charge in [-0.1, -0.05) is 11.6 Å². The van der Waals surface area contributed by atoms with Crippen LogP contribution in [-0.2, 0) is 0 Å². The van der Waals surface area contributed by atoms with E-state index in [2.05, 4.69) is 10.3 Å². The van der Waals surface area contributed by atoms with Gasteiger partial charge in [0, 0.05) is 0 Å². The first-order valence-corrected chi connectivity index (χ1v) is 5.63. The molecule has 0 aliphatic carbocycles. The highest BCUT2D eigenvalue weighted by molar-refractivity contribution is 6.30. The third-order valence-corrected chi connectivity index (χ3v) is 2.97. The van der Waals surface area contributed by atoms with Gasteiger partial charge in [0.25, 0.3) is 0 Å². The molecule has 0 unspecified atom stereocenters. The lowest BCUT2D eigenvalue weighted by Crippen LogP contribution is -2.34. The zero-order valence-corrected chi connectivity index (χ0v) is 9.55. The molecule has 2 heterocycles. The number of halogens is 1. The molecular formula is C11H15ClN2O. The van der Waals surface area contributed by atoms with E-state index in [4.69, 9.17) is 16.3 Å². The Balaban J connectivity index is 2.00. The number of piperidine rings is 1. The van der Waals surface area contributed by atoms with E-state index in [-0.39, 0.29) is 0 Å². The molecule has 1 saturated heterocycles. The highest BCUT2D eigenvalue weighted by atomic mass is 35.5. The van der Waals surface area contributed by atoms with Gasteiger partial charge in [0.1, 0.15) is 17.0 Å². The summed E-state index contributed by atoms with van der Waals surface area (Å²) in [6.45, 7) is 4.00. The monoisotopic (exact) mass is 226 g/mol. The maximum Gasteiger partial charge on any atom is 0.138 e. The molecule has 1 aromatic rings. The highest BCUT2D eigenvalue weighted by Crippen LogP contribution is 2.20. The fourth-order valence-corrected chi connectivity index (χ4v) is 1.81. The molecular weight excluding hydrogens is 212 g/mol. The number of hydrogen-bond acceptors (Lipinski definition) is 3. The van der Waals surface area contributed by atoms with Crippen molar-refractivity contribution in [3.05, 3.63) is 23.0 Å². The zero-order valence-electron chi connectivity index (χ0n) is 8.79. The Morgan fingerprint density at radius 3 is 2.87 bits per heavy atom. The first-order valence-electron chi connectivity index (χ1n) is 5.25. The highest BCUT2D eigenvalue weighted by Gasteiger charge is 2.14. The van der Waals surface area contributed by atoms with Gasteiger partial charge >= 0.3 is 0 Å². The fraction of sp³-hybridized carbons (Fsp3) is 0.545. The van der Waals surface area contributed by atoms with Crippen molar-refractivity contribution < 1.29 is 4.74 Å². The van der Waals surface area contributed by atoms with Crippen molar-refractivity contribution >= 4 is 11.6 Å². The van der Waals surface area contributed by atoms with Crippen LogP contribution in [0.5, 0.6) is 5.75 Å². The van der Waals surface area contributed by atoms with Crippen molar-refractivity contribution in [2.75, 3.05) is 13.1 Å². The van der Waals surface area contributed by atoms with E-state index >= 15 is 0 Å². The quantitative estimate of drug-likeness (QED) is 0.785. The largest absolute Gasteiger partial charge is 0.489 e. The summed E-state index contributed by atoms with van der Waals surface area (Å²) < 4.78 is 5.83. The molecule has 82 valence electrons. The molecule has 0 atom stereocenters. The maximum absolute atomic E-state index is 5.85. The van der Waals surface area contributed by atoms with Gasteiger partial charge in [0.15, 0.2) is 0 Å². The lowest BCUT2D eigenvalue weighted by molar-refractivity contribution is 0.162. The van der Waals surface area contributed by atoms with Gasteiger partial charge in [-0.05, 0) is 44.5 Å². The van der Waals surface area contributed by atoms with Crippen molar-refractivity contribution in [2.24, 2.45) is 0 Å². The maximum atomic E-state index is 5.85. The fourth-order valence-electron chi connectivity index (χ4n) is 1.70. The van der Waals surface area contributed by atoms with Crippen molar-refractivity contribution in [3.63, 3.8) is 0 Å². The van der Waals surface area contributed by atoms with E-state index in [0.29, 0.717) is 11.3 Å². The van der Waals surface area contributed by atoms with Gasteiger partial charge in [-0.15, -0.1) is 0 Å². The Morgan fingerprint density at radius 1 is 1.47 bits per heavy atom. The van der Waals surface area contributed by atoms with Crippen LogP contribution in [0.3, 0.4) is 0 Å². The van der Waals surface area contributed by atoms with Crippen LogP contribution >= 0.6 is 11.6 Å². The number of nitrogens with one attached hydrogen (secondary N) is 1. The predicted octanol–water partition coefficient (Wildman–Crippen LogP) is 2.17. The number of ether oxygens (including phenoxy) is 1. The zero-order chi connectivity index (χ0) is 10.7. The number of nitrogens with zero attached hydrogens (tertiary/aromatic N) is 1. The predicted molar refractivity (Wildman–Crippen MR) is 60.5 cm³/mol. The van der Waals surface area contributed by atoms with E-state index in [9.17, 15) is 0 Å². The van der Waals surface area contributed by atoms with E-state index in [0.717, 1.165) is 37.2 Å². The smallest absolute Gasteiger partial charge is 0.138 e. The summed E-state index contributed by atoms with van der Waals surface area (Å²) in [4.78, 5) is 4.07. The number of pyridine rings is 1. The molecule has 15 heavy (non-hydrogen) atoms. The first kappa shape index (κ1) is 10.7. The van der Waals surface area contributed by atoms with Crippen LogP contribution < -0.4 is 10.1 Å². The number of aromatic nitrogens is 1. The molecule has 0 saturated carbocycles. The normalized spacial score (nSPS) is 17.7. The standard InChI is InChI=1S/C11H15ClN2O/c1-8-6-10(7-14-11(8)12)15-9-2-4-13-5-3-9/h6-7,9,13H,2-5H2,1H3. The van der Waals surface area contributed by atoms with Crippen LogP contribution in [0.2, 0.25) is 5.15 Å². The minimum Gasteiger partial charge on any atom is -0.489 e. The van der Waals surface area contributed by atoms with Crippen molar-refractivity contribution in [1.29, 1.82) is 0 Å². The van der Waals surface area contributed by atoms with Crippen LogP contribution in [0, 0.1) is 6.92 Å². The molecule has 1 aliphatic heterocycles. The van der Waals surface area contributed by atoms with Crippen molar-refractivity contribution in [3.8, 4) is 5.75 Å². The average Bonchev–Trinajstić information content (AvgIpc) is 2.25. The number of aryl methyl sites for hydroxylation is 1. The second-order valence-electron chi connectivity index (χ2n) is 3.85. The number of hydrogen-bond donors (Lipinski definition) is 1.